The third kappa shape index (κ3) is 3.33. The van der Waals surface area contributed by atoms with Crippen LogP contribution >= 0.6 is 27.5 Å². The maximum absolute atomic E-state index is 13.4. The van der Waals surface area contributed by atoms with Gasteiger partial charge in [0.2, 0.25) is 0 Å². The highest BCUT2D eigenvalue weighted by molar-refractivity contribution is 9.10. The quantitative estimate of drug-likeness (QED) is 0.834. The topological polar surface area (TPSA) is 29.1 Å². The second-order valence-electron chi connectivity index (χ2n) is 4.07. The highest BCUT2D eigenvalue weighted by Gasteiger charge is 2.10. The van der Waals surface area contributed by atoms with E-state index >= 15 is 0 Å². The minimum atomic E-state index is -0.483. The molecule has 5 heteroatoms. The average molecular weight is 343 g/mol. The van der Waals surface area contributed by atoms with Gasteiger partial charge in [-0.15, -0.1) is 0 Å². The Morgan fingerprint density at radius 1 is 1.26 bits per heavy atom. The van der Waals surface area contributed by atoms with Crippen molar-refractivity contribution in [1.29, 1.82) is 0 Å². The van der Waals surface area contributed by atoms with Crippen LogP contribution in [-0.4, -0.2) is 5.91 Å². The molecule has 0 spiro atoms. The van der Waals surface area contributed by atoms with E-state index in [0.717, 1.165) is 5.56 Å². The second-order valence-corrected chi connectivity index (χ2v) is 5.33. The van der Waals surface area contributed by atoms with E-state index in [-0.39, 0.29) is 5.56 Å². The van der Waals surface area contributed by atoms with E-state index < -0.39 is 11.7 Å². The van der Waals surface area contributed by atoms with E-state index in [4.69, 9.17) is 11.6 Å². The van der Waals surface area contributed by atoms with Crippen molar-refractivity contribution in [3.05, 3.63) is 62.8 Å². The first-order valence-electron chi connectivity index (χ1n) is 5.50. The Balaban J connectivity index is 2.25. The van der Waals surface area contributed by atoms with Crippen molar-refractivity contribution in [2.75, 3.05) is 5.32 Å². The summed E-state index contributed by atoms with van der Waals surface area (Å²) in [5.41, 5.74) is 1.72. The standard InChI is InChI=1S/C14H10BrClFNO/c1-8-2-5-11(16)13(6-8)18-14(19)9-3-4-10(15)12(17)7-9/h2-7H,1H3,(H,18,19). The number of benzene rings is 2. The Labute approximate surface area is 123 Å². The number of carbonyl (C=O) groups excluding carboxylic acids is 1. The largest absolute Gasteiger partial charge is 0.321 e. The fourth-order valence-electron chi connectivity index (χ4n) is 1.57. The maximum Gasteiger partial charge on any atom is 0.255 e. The number of rotatable bonds is 2. The summed E-state index contributed by atoms with van der Waals surface area (Å²) >= 11 is 9.03. The lowest BCUT2D eigenvalue weighted by Gasteiger charge is -2.08. The molecule has 0 fully saturated rings. The number of halogens is 3. The lowest BCUT2D eigenvalue weighted by Crippen LogP contribution is -2.12. The van der Waals surface area contributed by atoms with Crippen LogP contribution in [0.4, 0.5) is 10.1 Å². The second kappa shape index (κ2) is 5.72. The van der Waals surface area contributed by atoms with Crippen molar-refractivity contribution in [2.45, 2.75) is 6.92 Å². The van der Waals surface area contributed by atoms with Gasteiger partial charge in [0.05, 0.1) is 15.2 Å². The molecule has 0 heterocycles. The van der Waals surface area contributed by atoms with E-state index in [2.05, 4.69) is 21.2 Å². The minimum Gasteiger partial charge on any atom is -0.321 e. The average Bonchev–Trinajstić information content (AvgIpc) is 2.37. The molecule has 1 N–H and O–H groups in total. The molecule has 0 saturated heterocycles. The molecule has 0 aliphatic carbocycles. The molecule has 2 nitrogen and oxygen atoms in total. The van der Waals surface area contributed by atoms with E-state index in [1.807, 2.05) is 13.0 Å². The van der Waals surface area contributed by atoms with Gasteiger partial charge < -0.3 is 5.32 Å². The van der Waals surface area contributed by atoms with Crippen LogP contribution in [0, 0.1) is 12.7 Å². The molecular formula is C14H10BrClFNO. The number of anilines is 1. The Hall–Kier alpha value is -1.39. The summed E-state index contributed by atoms with van der Waals surface area (Å²) in [4.78, 5) is 12.0. The van der Waals surface area contributed by atoms with Gasteiger partial charge in [0.15, 0.2) is 0 Å². The van der Waals surface area contributed by atoms with Gasteiger partial charge in [0.1, 0.15) is 5.82 Å². The first-order valence-corrected chi connectivity index (χ1v) is 6.67. The number of amides is 1. The van der Waals surface area contributed by atoms with Gasteiger partial charge in [0.25, 0.3) is 5.91 Å². The monoisotopic (exact) mass is 341 g/mol. The predicted octanol–water partition coefficient (Wildman–Crippen LogP) is 4.80. The molecule has 0 saturated carbocycles. The SMILES string of the molecule is Cc1ccc(Cl)c(NC(=O)c2ccc(Br)c(F)c2)c1. The van der Waals surface area contributed by atoms with Crippen LogP contribution in [0.5, 0.6) is 0 Å². The zero-order valence-electron chi connectivity index (χ0n) is 10.0. The molecule has 0 aliphatic rings. The van der Waals surface area contributed by atoms with Crippen LogP contribution in [0.2, 0.25) is 5.02 Å². The van der Waals surface area contributed by atoms with Crippen LogP contribution in [0.3, 0.4) is 0 Å². The Morgan fingerprint density at radius 2 is 2.00 bits per heavy atom. The van der Waals surface area contributed by atoms with E-state index in [1.54, 1.807) is 12.1 Å². The molecule has 0 atom stereocenters. The fourth-order valence-corrected chi connectivity index (χ4v) is 1.98. The summed E-state index contributed by atoms with van der Waals surface area (Å²) in [5, 5.41) is 3.10. The van der Waals surface area contributed by atoms with Crippen LogP contribution in [0.15, 0.2) is 40.9 Å². The lowest BCUT2D eigenvalue weighted by atomic mass is 10.2. The highest BCUT2D eigenvalue weighted by Crippen LogP contribution is 2.24. The predicted molar refractivity (Wildman–Crippen MR) is 78.2 cm³/mol. The summed E-state index contributed by atoms with van der Waals surface area (Å²) in [5.74, 6) is -0.887. The van der Waals surface area contributed by atoms with Gasteiger partial charge in [0, 0.05) is 5.56 Å². The first kappa shape index (κ1) is 14.0. The summed E-state index contributed by atoms with van der Waals surface area (Å²) < 4.78 is 13.7. The first-order chi connectivity index (χ1) is 8.97. The normalized spacial score (nSPS) is 10.3. The Bertz CT molecular complexity index is 645. The molecule has 0 aromatic heterocycles. The molecule has 2 aromatic rings. The molecular weight excluding hydrogens is 333 g/mol. The molecule has 0 radical (unpaired) electrons. The van der Waals surface area contributed by atoms with E-state index in [9.17, 15) is 9.18 Å². The van der Waals surface area contributed by atoms with Crippen molar-refractivity contribution >= 4 is 39.1 Å². The van der Waals surface area contributed by atoms with Crippen LogP contribution in [-0.2, 0) is 0 Å². The highest BCUT2D eigenvalue weighted by atomic mass is 79.9. The van der Waals surface area contributed by atoms with E-state index in [0.29, 0.717) is 15.2 Å². The zero-order valence-corrected chi connectivity index (χ0v) is 12.3. The minimum absolute atomic E-state index is 0.235. The number of hydrogen-bond donors (Lipinski definition) is 1. The van der Waals surface area contributed by atoms with Gasteiger partial charge in [-0.05, 0) is 58.7 Å². The van der Waals surface area contributed by atoms with Crippen molar-refractivity contribution in [2.24, 2.45) is 0 Å². The Morgan fingerprint density at radius 3 is 2.68 bits per heavy atom. The van der Waals surface area contributed by atoms with Crippen LogP contribution < -0.4 is 5.32 Å². The van der Waals surface area contributed by atoms with Crippen LogP contribution in [0.1, 0.15) is 15.9 Å². The molecule has 2 rings (SSSR count). The van der Waals surface area contributed by atoms with E-state index in [1.165, 1.54) is 18.2 Å². The Kier molecular flexibility index (Phi) is 4.22. The van der Waals surface area contributed by atoms with Crippen molar-refractivity contribution in [3.63, 3.8) is 0 Å². The van der Waals surface area contributed by atoms with Gasteiger partial charge in [-0.3, -0.25) is 4.79 Å². The van der Waals surface area contributed by atoms with Crippen molar-refractivity contribution < 1.29 is 9.18 Å². The number of aryl methyl sites for hydroxylation is 1. The van der Waals surface area contributed by atoms with Crippen LogP contribution in [0.25, 0.3) is 0 Å². The smallest absolute Gasteiger partial charge is 0.255 e. The van der Waals surface area contributed by atoms with Gasteiger partial charge in [-0.25, -0.2) is 4.39 Å². The molecule has 98 valence electrons. The third-order valence-electron chi connectivity index (χ3n) is 2.55. The molecule has 1 amide bonds. The number of hydrogen-bond acceptors (Lipinski definition) is 1. The van der Waals surface area contributed by atoms with Gasteiger partial charge >= 0.3 is 0 Å². The number of nitrogens with one attached hydrogen (secondary N) is 1. The number of carbonyl (C=O) groups is 1. The molecule has 2 aromatic carbocycles. The third-order valence-corrected chi connectivity index (χ3v) is 3.52. The molecule has 0 bridgehead atoms. The summed E-state index contributed by atoms with van der Waals surface area (Å²) in [6, 6.07) is 9.50. The molecule has 19 heavy (non-hydrogen) atoms. The van der Waals surface area contributed by atoms with Crippen molar-refractivity contribution in [1.82, 2.24) is 0 Å². The summed E-state index contributed by atoms with van der Waals surface area (Å²) in [6.45, 7) is 1.89. The fraction of sp³-hybridized carbons (Fsp3) is 0.0714. The van der Waals surface area contributed by atoms with Crippen molar-refractivity contribution in [3.8, 4) is 0 Å². The van der Waals surface area contributed by atoms with Gasteiger partial charge in [-0.1, -0.05) is 17.7 Å². The van der Waals surface area contributed by atoms with Gasteiger partial charge in [-0.2, -0.15) is 0 Å². The zero-order chi connectivity index (χ0) is 14.0. The summed E-state index contributed by atoms with van der Waals surface area (Å²) in [7, 11) is 0. The molecule has 0 unspecified atom stereocenters. The maximum atomic E-state index is 13.4. The lowest BCUT2D eigenvalue weighted by molar-refractivity contribution is 0.102. The summed E-state index contributed by atoms with van der Waals surface area (Å²) in [6.07, 6.45) is 0. The molecule has 0 aliphatic heterocycles.